The Bertz CT molecular complexity index is 1080. The molecule has 0 aliphatic rings. The van der Waals surface area contributed by atoms with Crippen molar-refractivity contribution in [2.75, 3.05) is 0 Å². The second kappa shape index (κ2) is 6.19. The van der Waals surface area contributed by atoms with Crippen LogP contribution in [0.3, 0.4) is 0 Å². The van der Waals surface area contributed by atoms with E-state index in [-0.39, 0.29) is 11.4 Å². The van der Waals surface area contributed by atoms with E-state index in [0.717, 1.165) is 16.7 Å². The predicted molar refractivity (Wildman–Crippen MR) is 93.8 cm³/mol. The molecule has 2 heterocycles. The minimum absolute atomic E-state index is 0.0769. The number of nitrogens with one attached hydrogen (secondary N) is 1. The van der Waals surface area contributed by atoms with Crippen molar-refractivity contribution in [1.29, 1.82) is 0 Å². The topological polar surface area (TPSA) is 77.1 Å². The van der Waals surface area contributed by atoms with E-state index in [9.17, 15) is 8.42 Å². The van der Waals surface area contributed by atoms with Crippen LogP contribution in [-0.4, -0.2) is 18.2 Å². The Morgan fingerprint density at radius 2 is 1.80 bits per heavy atom. The van der Waals surface area contributed by atoms with Gasteiger partial charge >= 0.3 is 0 Å². The Kier molecular flexibility index (Phi) is 3.87. The van der Waals surface area contributed by atoms with Gasteiger partial charge in [0.15, 0.2) is 0 Å². The molecule has 25 heavy (non-hydrogen) atoms. The molecule has 0 unspecified atom stereocenters. The van der Waals surface area contributed by atoms with Gasteiger partial charge in [-0.25, -0.2) is 17.8 Å². The van der Waals surface area contributed by atoms with E-state index in [0.29, 0.717) is 5.76 Å². The lowest BCUT2D eigenvalue weighted by Gasteiger charge is -2.02. The van der Waals surface area contributed by atoms with Crippen molar-refractivity contribution in [2.45, 2.75) is 11.4 Å². The third kappa shape index (κ3) is 3.19. The summed E-state index contributed by atoms with van der Waals surface area (Å²) < 4.78 is 34.6. The molecule has 0 aliphatic heterocycles. The summed E-state index contributed by atoms with van der Waals surface area (Å²) in [5.74, 6) is 0.556. The van der Waals surface area contributed by atoms with Gasteiger partial charge in [-0.2, -0.15) is 5.10 Å². The average Bonchev–Trinajstić information content (AvgIpc) is 3.28. The fourth-order valence-electron chi connectivity index (χ4n) is 2.54. The van der Waals surface area contributed by atoms with Gasteiger partial charge in [-0.3, -0.25) is 0 Å². The Morgan fingerprint density at radius 1 is 1.04 bits per heavy atom. The summed E-state index contributed by atoms with van der Waals surface area (Å²) in [4.78, 5) is 0.104. The highest BCUT2D eigenvalue weighted by Crippen LogP contribution is 2.19. The summed E-state index contributed by atoms with van der Waals surface area (Å²) in [5.41, 5.74) is 1.52. The molecular weight excluding hydrogens is 338 g/mol. The Labute approximate surface area is 144 Å². The molecule has 2 aromatic heterocycles. The minimum Gasteiger partial charge on any atom is -0.460 e. The van der Waals surface area contributed by atoms with Gasteiger partial charge in [-0.05, 0) is 24.3 Å². The fourth-order valence-corrected chi connectivity index (χ4v) is 3.46. The van der Waals surface area contributed by atoms with Crippen LogP contribution < -0.4 is 4.72 Å². The molecule has 6 nitrogen and oxygen atoms in total. The molecule has 0 spiro atoms. The quantitative estimate of drug-likeness (QED) is 0.598. The van der Waals surface area contributed by atoms with E-state index in [1.165, 1.54) is 17.1 Å². The van der Waals surface area contributed by atoms with Crippen molar-refractivity contribution < 1.29 is 12.8 Å². The van der Waals surface area contributed by atoms with E-state index in [4.69, 9.17) is 4.42 Å². The lowest BCUT2D eigenvalue weighted by molar-refractivity contribution is 0.530. The second-order valence-corrected chi connectivity index (χ2v) is 7.30. The first-order valence-electron chi connectivity index (χ1n) is 7.69. The standard InChI is InChI=1S/C18H15N3O3S/c22-25(23,17-12-19-21(13-17)15-7-2-1-3-8-15)20-11-16-10-14-6-4-5-9-18(14)24-16/h1-10,12-13,20H,11H2. The smallest absolute Gasteiger partial charge is 0.244 e. The van der Waals surface area contributed by atoms with Crippen molar-refractivity contribution in [2.24, 2.45) is 0 Å². The molecule has 2 aromatic carbocycles. The molecule has 0 amide bonds. The van der Waals surface area contributed by atoms with Gasteiger partial charge in [0, 0.05) is 5.39 Å². The molecule has 4 aromatic rings. The van der Waals surface area contributed by atoms with Crippen LogP contribution in [0, 0.1) is 0 Å². The Hall–Kier alpha value is -2.90. The van der Waals surface area contributed by atoms with E-state index < -0.39 is 10.0 Å². The van der Waals surface area contributed by atoms with Crippen LogP contribution in [0.4, 0.5) is 0 Å². The predicted octanol–water partition coefficient (Wildman–Crippen LogP) is 3.10. The number of furan rings is 1. The molecule has 0 fully saturated rings. The average molecular weight is 353 g/mol. The lowest BCUT2D eigenvalue weighted by atomic mass is 10.2. The number of hydrogen-bond donors (Lipinski definition) is 1. The number of aromatic nitrogens is 2. The maximum absolute atomic E-state index is 12.5. The molecule has 7 heteroatoms. The normalized spacial score (nSPS) is 11.8. The molecule has 0 aliphatic carbocycles. The van der Waals surface area contributed by atoms with Crippen molar-refractivity contribution >= 4 is 21.0 Å². The molecule has 4 rings (SSSR count). The number of para-hydroxylation sites is 2. The first-order valence-corrected chi connectivity index (χ1v) is 9.17. The Morgan fingerprint density at radius 3 is 2.60 bits per heavy atom. The highest BCUT2D eigenvalue weighted by molar-refractivity contribution is 7.89. The van der Waals surface area contributed by atoms with E-state index in [1.54, 1.807) is 0 Å². The first kappa shape index (κ1) is 15.6. The summed E-state index contributed by atoms with van der Waals surface area (Å²) in [6.07, 6.45) is 2.81. The van der Waals surface area contributed by atoms with Gasteiger partial charge in [0.1, 0.15) is 16.2 Å². The number of fused-ring (bicyclic) bond motifs is 1. The number of nitrogens with zero attached hydrogens (tertiary/aromatic N) is 2. The summed E-state index contributed by atoms with van der Waals surface area (Å²) in [6, 6.07) is 18.7. The van der Waals surface area contributed by atoms with Crippen molar-refractivity contribution in [3.63, 3.8) is 0 Å². The van der Waals surface area contributed by atoms with E-state index >= 15 is 0 Å². The molecule has 0 radical (unpaired) electrons. The molecular formula is C18H15N3O3S. The van der Waals surface area contributed by atoms with Gasteiger partial charge in [0.2, 0.25) is 10.0 Å². The summed E-state index contributed by atoms with van der Waals surface area (Å²) >= 11 is 0. The number of sulfonamides is 1. The second-order valence-electron chi connectivity index (χ2n) is 5.53. The largest absolute Gasteiger partial charge is 0.460 e. The summed E-state index contributed by atoms with van der Waals surface area (Å²) in [7, 11) is -3.68. The third-order valence-electron chi connectivity index (χ3n) is 3.80. The molecule has 0 saturated carbocycles. The van der Waals surface area contributed by atoms with Crippen LogP contribution in [0.2, 0.25) is 0 Å². The van der Waals surface area contributed by atoms with Crippen LogP contribution in [0.1, 0.15) is 5.76 Å². The van der Waals surface area contributed by atoms with Gasteiger partial charge in [0.05, 0.1) is 24.6 Å². The number of rotatable bonds is 5. The highest BCUT2D eigenvalue weighted by atomic mass is 32.2. The Balaban J connectivity index is 1.53. The SMILES string of the molecule is O=S(=O)(NCc1cc2ccccc2o1)c1cnn(-c2ccccc2)c1. The zero-order chi connectivity index (χ0) is 17.3. The van der Waals surface area contributed by atoms with Crippen LogP contribution in [0.5, 0.6) is 0 Å². The maximum atomic E-state index is 12.5. The van der Waals surface area contributed by atoms with Crippen LogP contribution in [-0.2, 0) is 16.6 Å². The fraction of sp³-hybridized carbons (Fsp3) is 0.0556. The maximum Gasteiger partial charge on any atom is 0.244 e. The lowest BCUT2D eigenvalue weighted by Crippen LogP contribution is -2.22. The molecule has 0 bridgehead atoms. The first-order chi connectivity index (χ1) is 12.1. The summed E-state index contributed by atoms with van der Waals surface area (Å²) in [6.45, 7) is 0.0769. The minimum atomic E-state index is -3.68. The van der Waals surface area contributed by atoms with Gasteiger partial charge < -0.3 is 4.42 Å². The van der Waals surface area contributed by atoms with Crippen molar-refractivity contribution in [1.82, 2.24) is 14.5 Å². The van der Waals surface area contributed by atoms with Gasteiger partial charge in [-0.1, -0.05) is 36.4 Å². The molecule has 0 saturated heterocycles. The van der Waals surface area contributed by atoms with Crippen LogP contribution >= 0.6 is 0 Å². The van der Waals surface area contributed by atoms with Crippen molar-refractivity contribution in [3.8, 4) is 5.69 Å². The monoisotopic (exact) mass is 353 g/mol. The third-order valence-corrected chi connectivity index (χ3v) is 5.16. The molecule has 126 valence electrons. The molecule has 1 N–H and O–H groups in total. The van der Waals surface area contributed by atoms with E-state index in [2.05, 4.69) is 9.82 Å². The summed E-state index contributed by atoms with van der Waals surface area (Å²) in [5, 5.41) is 5.06. The van der Waals surface area contributed by atoms with Crippen molar-refractivity contribution in [3.05, 3.63) is 78.8 Å². The van der Waals surface area contributed by atoms with Gasteiger partial charge in [0.25, 0.3) is 0 Å². The zero-order valence-electron chi connectivity index (χ0n) is 13.2. The number of hydrogen-bond acceptors (Lipinski definition) is 4. The number of benzene rings is 2. The molecule has 0 atom stereocenters. The zero-order valence-corrected chi connectivity index (χ0v) is 14.0. The van der Waals surface area contributed by atoms with E-state index in [1.807, 2.05) is 60.7 Å². The highest BCUT2D eigenvalue weighted by Gasteiger charge is 2.17. The van der Waals surface area contributed by atoms with Gasteiger partial charge in [-0.15, -0.1) is 0 Å². The van der Waals surface area contributed by atoms with Crippen LogP contribution in [0.25, 0.3) is 16.7 Å². The van der Waals surface area contributed by atoms with Crippen LogP contribution in [0.15, 0.2) is 82.4 Å².